The summed E-state index contributed by atoms with van der Waals surface area (Å²) in [6, 6.07) is 7.85. The Bertz CT molecular complexity index is 546. The molecule has 0 atom stereocenters. The van der Waals surface area contributed by atoms with Gasteiger partial charge in [-0.2, -0.15) is 0 Å². The molecular formula is C14H15ClN2O. The van der Waals surface area contributed by atoms with Gasteiger partial charge in [0, 0.05) is 23.2 Å². The van der Waals surface area contributed by atoms with Gasteiger partial charge in [-0.25, -0.2) is 9.97 Å². The van der Waals surface area contributed by atoms with Gasteiger partial charge in [-0.1, -0.05) is 29.8 Å². The van der Waals surface area contributed by atoms with Gasteiger partial charge in [-0.15, -0.1) is 0 Å². The molecule has 0 saturated heterocycles. The Morgan fingerprint density at radius 2 is 1.89 bits per heavy atom. The maximum absolute atomic E-state index is 6.08. The van der Waals surface area contributed by atoms with E-state index < -0.39 is 0 Å². The highest BCUT2D eigenvalue weighted by molar-refractivity contribution is 6.30. The van der Waals surface area contributed by atoms with Crippen LogP contribution in [-0.2, 0) is 6.42 Å². The lowest BCUT2D eigenvalue weighted by atomic mass is 10.1. The van der Waals surface area contributed by atoms with Gasteiger partial charge in [0.2, 0.25) is 0 Å². The molecule has 0 fully saturated rings. The van der Waals surface area contributed by atoms with Gasteiger partial charge in [0.25, 0.3) is 0 Å². The van der Waals surface area contributed by atoms with E-state index in [1.807, 2.05) is 38.1 Å². The van der Waals surface area contributed by atoms with Crippen molar-refractivity contribution in [1.29, 1.82) is 0 Å². The molecule has 0 aliphatic carbocycles. The third kappa shape index (κ3) is 2.62. The van der Waals surface area contributed by atoms with Gasteiger partial charge < -0.3 is 4.74 Å². The Hall–Kier alpha value is -1.61. The van der Waals surface area contributed by atoms with E-state index in [9.17, 15) is 0 Å². The van der Waals surface area contributed by atoms with Gasteiger partial charge in [-0.05, 0) is 19.9 Å². The molecule has 94 valence electrons. The summed E-state index contributed by atoms with van der Waals surface area (Å²) in [5.74, 6) is 1.56. The van der Waals surface area contributed by atoms with E-state index in [1.165, 1.54) is 0 Å². The highest BCUT2D eigenvalue weighted by atomic mass is 35.5. The molecule has 3 nitrogen and oxygen atoms in total. The summed E-state index contributed by atoms with van der Waals surface area (Å²) in [6.45, 7) is 3.86. The lowest BCUT2D eigenvalue weighted by Gasteiger charge is -2.09. The number of methoxy groups -OCH3 is 1. The summed E-state index contributed by atoms with van der Waals surface area (Å²) in [5.41, 5.74) is 2.90. The molecule has 1 aromatic carbocycles. The third-order valence-corrected chi connectivity index (χ3v) is 3.29. The highest BCUT2D eigenvalue weighted by Gasteiger charge is 2.09. The van der Waals surface area contributed by atoms with E-state index >= 15 is 0 Å². The van der Waals surface area contributed by atoms with E-state index in [4.69, 9.17) is 16.3 Å². The van der Waals surface area contributed by atoms with Crippen LogP contribution in [0.2, 0.25) is 5.15 Å². The van der Waals surface area contributed by atoms with Crippen molar-refractivity contribution in [2.24, 2.45) is 0 Å². The van der Waals surface area contributed by atoms with Gasteiger partial charge >= 0.3 is 0 Å². The van der Waals surface area contributed by atoms with Crippen LogP contribution in [0, 0.1) is 13.8 Å². The summed E-state index contributed by atoms with van der Waals surface area (Å²) in [4.78, 5) is 8.76. The van der Waals surface area contributed by atoms with Crippen LogP contribution in [0.4, 0.5) is 0 Å². The minimum absolute atomic E-state index is 0.521. The molecule has 0 aliphatic heterocycles. The van der Waals surface area contributed by atoms with Crippen LogP contribution in [0.15, 0.2) is 24.3 Å². The number of hydrogen-bond acceptors (Lipinski definition) is 3. The van der Waals surface area contributed by atoms with Crippen molar-refractivity contribution in [2.75, 3.05) is 7.11 Å². The monoisotopic (exact) mass is 262 g/mol. The average molecular weight is 263 g/mol. The average Bonchev–Trinajstić information content (AvgIpc) is 2.36. The van der Waals surface area contributed by atoms with Crippen molar-refractivity contribution in [1.82, 2.24) is 9.97 Å². The first-order valence-corrected chi connectivity index (χ1v) is 6.11. The van der Waals surface area contributed by atoms with E-state index in [-0.39, 0.29) is 0 Å². The van der Waals surface area contributed by atoms with Gasteiger partial charge in [-0.3, -0.25) is 0 Å². The minimum atomic E-state index is 0.521. The first kappa shape index (κ1) is 12.8. The van der Waals surface area contributed by atoms with Crippen molar-refractivity contribution in [2.45, 2.75) is 20.3 Å². The fourth-order valence-electron chi connectivity index (χ4n) is 1.75. The zero-order valence-corrected chi connectivity index (χ0v) is 11.5. The predicted molar refractivity (Wildman–Crippen MR) is 72.3 cm³/mol. The number of hydrogen-bond donors (Lipinski definition) is 0. The maximum atomic E-state index is 6.08. The van der Waals surface area contributed by atoms with Crippen molar-refractivity contribution in [3.05, 3.63) is 52.1 Å². The number of aryl methyl sites for hydroxylation is 1. The van der Waals surface area contributed by atoms with E-state index in [2.05, 4.69) is 9.97 Å². The molecule has 0 amide bonds. The zero-order chi connectivity index (χ0) is 13.1. The third-order valence-electron chi connectivity index (χ3n) is 2.92. The quantitative estimate of drug-likeness (QED) is 0.796. The minimum Gasteiger partial charge on any atom is -0.496 e. The van der Waals surface area contributed by atoms with E-state index in [0.29, 0.717) is 17.4 Å². The second kappa shape index (κ2) is 5.36. The molecule has 0 unspecified atom stereocenters. The lowest BCUT2D eigenvalue weighted by Crippen LogP contribution is -2.02. The molecule has 0 spiro atoms. The molecule has 0 aliphatic rings. The number of rotatable bonds is 3. The summed E-state index contributed by atoms with van der Waals surface area (Å²) in [6.07, 6.45) is 0.616. The standard InChI is InChI=1S/C14H15ClN2O/c1-9-10(2)16-13(17-14(9)15)8-11-6-4-5-7-12(11)18-3/h4-7H,8H2,1-3H3. The summed E-state index contributed by atoms with van der Waals surface area (Å²) in [5, 5.41) is 0.521. The van der Waals surface area contributed by atoms with Gasteiger partial charge in [0.15, 0.2) is 0 Å². The molecule has 1 aromatic heterocycles. The first-order valence-electron chi connectivity index (χ1n) is 5.73. The predicted octanol–water partition coefficient (Wildman–Crippen LogP) is 3.35. The van der Waals surface area contributed by atoms with E-state index in [1.54, 1.807) is 7.11 Å². The van der Waals surface area contributed by atoms with E-state index in [0.717, 1.165) is 22.6 Å². The van der Waals surface area contributed by atoms with Crippen LogP contribution in [0.25, 0.3) is 0 Å². The summed E-state index contributed by atoms with van der Waals surface area (Å²) < 4.78 is 5.31. The van der Waals surface area contributed by atoms with Crippen LogP contribution in [0.3, 0.4) is 0 Å². The Kier molecular flexibility index (Phi) is 3.82. The number of nitrogens with zero attached hydrogens (tertiary/aromatic N) is 2. The zero-order valence-electron chi connectivity index (χ0n) is 10.7. The molecule has 18 heavy (non-hydrogen) atoms. The van der Waals surface area contributed by atoms with Crippen LogP contribution in [-0.4, -0.2) is 17.1 Å². The highest BCUT2D eigenvalue weighted by Crippen LogP contribution is 2.21. The molecule has 4 heteroatoms. The second-order valence-electron chi connectivity index (χ2n) is 4.13. The fraction of sp³-hybridized carbons (Fsp3) is 0.286. The van der Waals surface area contributed by atoms with Crippen molar-refractivity contribution >= 4 is 11.6 Å². The van der Waals surface area contributed by atoms with Crippen molar-refractivity contribution in [3.63, 3.8) is 0 Å². The summed E-state index contributed by atoms with van der Waals surface area (Å²) in [7, 11) is 1.66. The normalized spacial score (nSPS) is 10.4. The molecule has 0 bridgehead atoms. The second-order valence-corrected chi connectivity index (χ2v) is 4.49. The lowest BCUT2D eigenvalue weighted by molar-refractivity contribution is 0.410. The van der Waals surface area contributed by atoms with Crippen LogP contribution in [0.1, 0.15) is 22.6 Å². The fourth-order valence-corrected chi connectivity index (χ4v) is 1.98. The van der Waals surface area contributed by atoms with Crippen molar-refractivity contribution < 1.29 is 4.74 Å². The number of ether oxygens (including phenoxy) is 1. The summed E-state index contributed by atoms with van der Waals surface area (Å²) >= 11 is 6.08. The topological polar surface area (TPSA) is 35.0 Å². The SMILES string of the molecule is COc1ccccc1Cc1nc(C)c(C)c(Cl)n1. The van der Waals surface area contributed by atoms with Crippen LogP contribution >= 0.6 is 11.6 Å². The molecule has 0 saturated carbocycles. The Morgan fingerprint density at radius 1 is 1.17 bits per heavy atom. The molecular weight excluding hydrogens is 248 g/mol. The first-order chi connectivity index (χ1) is 8.61. The number of benzene rings is 1. The smallest absolute Gasteiger partial charge is 0.135 e. The molecule has 1 heterocycles. The van der Waals surface area contributed by atoms with Gasteiger partial charge in [0.1, 0.15) is 16.7 Å². The molecule has 0 N–H and O–H groups in total. The number of halogens is 1. The Labute approximate surface area is 112 Å². The van der Waals surface area contributed by atoms with Crippen molar-refractivity contribution in [3.8, 4) is 5.75 Å². The Morgan fingerprint density at radius 3 is 2.56 bits per heavy atom. The van der Waals surface area contributed by atoms with Crippen LogP contribution in [0.5, 0.6) is 5.75 Å². The Balaban J connectivity index is 2.34. The van der Waals surface area contributed by atoms with Gasteiger partial charge in [0.05, 0.1) is 7.11 Å². The molecule has 2 rings (SSSR count). The number of aromatic nitrogens is 2. The molecule has 2 aromatic rings. The van der Waals surface area contributed by atoms with Crippen LogP contribution < -0.4 is 4.74 Å². The maximum Gasteiger partial charge on any atom is 0.135 e. The largest absolute Gasteiger partial charge is 0.496 e. The molecule has 0 radical (unpaired) electrons. The number of para-hydroxylation sites is 1.